The van der Waals surface area contributed by atoms with Gasteiger partial charge in [0.1, 0.15) is 5.75 Å². The van der Waals surface area contributed by atoms with Crippen molar-refractivity contribution in [3.8, 4) is 5.75 Å². The predicted octanol–water partition coefficient (Wildman–Crippen LogP) is 3.49. The summed E-state index contributed by atoms with van der Waals surface area (Å²) in [7, 11) is 0. The lowest BCUT2D eigenvalue weighted by Crippen LogP contribution is -2.13. The molecule has 4 heteroatoms. The quantitative estimate of drug-likeness (QED) is 0.566. The van der Waals surface area contributed by atoms with Crippen molar-refractivity contribution < 1.29 is 19.1 Å². The summed E-state index contributed by atoms with van der Waals surface area (Å²) < 4.78 is 10.5. The number of ether oxygens (including phenoxy) is 2. The molecule has 1 aromatic carbocycles. The molecule has 1 rings (SSSR count). The van der Waals surface area contributed by atoms with Crippen molar-refractivity contribution >= 4 is 11.8 Å². The van der Waals surface area contributed by atoms with Crippen LogP contribution in [-0.4, -0.2) is 25.0 Å². The first-order valence-electron chi connectivity index (χ1n) is 6.99. The van der Waals surface area contributed by atoms with Gasteiger partial charge in [0.15, 0.2) is 5.78 Å². The molecule has 0 aliphatic carbocycles. The van der Waals surface area contributed by atoms with Crippen LogP contribution in [0.1, 0.15) is 54.8 Å². The van der Waals surface area contributed by atoms with Crippen molar-refractivity contribution in [2.45, 2.75) is 34.1 Å². The fourth-order valence-corrected chi connectivity index (χ4v) is 1.71. The second-order valence-corrected chi connectivity index (χ2v) is 4.80. The van der Waals surface area contributed by atoms with Gasteiger partial charge in [0.2, 0.25) is 0 Å². The predicted molar refractivity (Wildman–Crippen MR) is 77.4 cm³/mol. The van der Waals surface area contributed by atoms with Crippen LogP contribution in [0.2, 0.25) is 0 Å². The Morgan fingerprint density at radius 1 is 1.20 bits per heavy atom. The molecule has 0 spiro atoms. The third-order valence-corrected chi connectivity index (χ3v) is 2.74. The highest BCUT2D eigenvalue weighted by Gasteiger charge is 2.19. The lowest BCUT2D eigenvalue weighted by atomic mass is 9.98. The minimum atomic E-state index is -0.424. The van der Waals surface area contributed by atoms with Crippen LogP contribution in [0.4, 0.5) is 0 Å². The Kier molecular flexibility index (Phi) is 6.22. The van der Waals surface area contributed by atoms with E-state index in [9.17, 15) is 9.59 Å². The van der Waals surface area contributed by atoms with Crippen molar-refractivity contribution in [3.05, 3.63) is 29.3 Å². The zero-order valence-electron chi connectivity index (χ0n) is 12.6. The summed E-state index contributed by atoms with van der Waals surface area (Å²) in [5, 5.41) is 0. The molecule has 0 fully saturated rings. The molecule has 0 radical (unpaired) electrons. The molecule has 0 aliphatic rings. The van der Waals surface area contributed by atoms with Gasteiger partial charge >= 0.3 is 5.97 Å². The number of Topliss-reactive ketones (excluding diaryl/α,β-unsaturated/α-hetero) is 1. The van der Waals surface area contributed by atoms with Gasteiger partial charge in [0.25, 0.3) is 0 Å². The fourth-order valence-electron chi connectivity index (χ4n) is 1.71. The summed E-state index contributed by atoms with van der Waals surface area (Å²) in [6.07, 6.45) is 0.856. The van der Waals surface area contributed by atoms with Crippen molar-refractivity contribution in [2.75, 3.05) is 13.2 Å². The first-order valence-corrected chi connectivity index (χ1v) is 6.99. The maximum atomic E-state index is 12.2. The molecule has 0 saturated carbocycles. The number of benzene rings is 1. The summed E-state index contributed by atoms with van der Waals surface area (Å²) >= 11 is 0. The summed E-state index contributed by atoms with van der Waals surface area (Å²) in [6, 6.07) is 4.85. The van der Waals surface area contributed by atoms with E-state index in [4.69, 9.17) is 9.47 Å². The molecule has 4 nitrogen and oxygen atoms in total. The number of hydrogen-bond donors (Lipinski definition) is 0. The topological polar surface area (TPSA) is 52.6 Å². The number of carbonyl (C=O) groups is 2. The van der Waals surface area contributed by atoms with Crippen molar-refractivity contribution in [1.82, 2.24) is 0 Å². The third-order valence-electron chi connectivity index (χ3n) is 2.74. The zero-order valence-corrected chi connectivity index (χ0v) is 12.6. The fraction of sp³-hybridized carbons (Fsp3) is 0.500. The van der Waals surface area contributed by atoms with Crippen LogP contribution in [0.5, 0.6) is 5.75 Å². The van der Waals surface area contributed by atoms with Gasteiger partial charge in [-0.2, -0.15) is 0 Å². The Morgan fingerprint density at radius 3 is 2.45 bits per heavy atom. The summed E-state index contributed by atoms with van der Waals surface area (Å²) in [5.41, 5.74) is 0.818. The molecule has 0 saturated heterocycles. The van der Waals surface area contributed by atoms with Gasteiger partial charge in [-0.15, -0.1) is 0 Å². The first kappa shape index (κ1) is 16.2. The van der Waals surface area contributed by atoms with E-state index < -0.39 is 5.97 Å². The van der Waals surface area contributed by atoms with Crippen LogP contribution < -0.4 is 4.74 Å². The van der Waals surface area contributed by atoms with E-state index in [1.54, 1.807) is 25.1 Å². The minimum absolute atomic E-state index is 0.0396. The molecule has 0 atom stereocenters. The van der Waals surface area contributed by atoms with Gasteiger partial charge in [-0.25, -0.2) is 4.79 Å². The maximum absolute atomic E-state index is 12.2. The Balaban J connectivity index is 3.14. The number of esters is 1. The second-order valence-electron chi connectivity index (χ2n) is 4.80. The highest BCUT2D eigenvalue weighted by molar-refractivity contribution is 6.02. The molecule has 0 aromatic heterocycles. The van der Waals surface area contributed by atoms with Gasteiger partial charge in [-0.1, -0.05) is 20.8 Å². The van der Waals surface area contributed by atoms with E-state index in [1.165, 1.54) is 0 Å². The Labute approximate surface area is 120 Å². The van der Waals surface area contributed by atoms with Crippen LogP contribution >= 0.6 is 0 Å². The lowest BCUT2D eigenvalue weighted by Gasteiger charge is -2.13. The average Bonchev–Trinajstić information content (AvgIpc) is 2.44. The van der Waals surface area contributed by atoms with E-state index in [1.807, 2.05) is 20.8 Å². The largest absolute Gasteiger partial charge is 0.493 e. The van der Waals surface area contributed by atoms with Crippen molar-refractivity contribution in [3.63, 3.8) is 0 Å². The molecule has 1 aromatic rings. The van der Waals surface area contributed by atoms with Gasteiger partial charge in [0.05, 0.1) is 24.3 Å². The van der Waals surface area contributed by atoms with Crippen molar-refractivity contribution in [2.24, 2.45) is 5.92 Å². The number of ketones is 1. The summed E-state index contributed by atoms with van der Waals surface area (Å²) in [4.78, 5) is 24.0. The zero-order chi connectivity index (χ0) is 15.1. The standard InChI is InChI=1S/C16H22O4/c1-5-9-20-14-8-7-12(16(18)19-6-2)10-13(14)15(17)11(3)4/h7-8,10-11H,5-6,9H2,1-4H3. The monoisotopic (exact) mass is 278 g/mol. The normalized spacial score (nSPS) is 10.4. The van der Waals surface area contributed by atoms with Gasteiger partial charge in [-0.3, -0.25) is 4.79 Å². The SMILES string of the molecule is CCCOc1ccc(C(=O)OCC)cc1C(=O)C(C)C. The Hall–Kier alpha value is -1.84. The first-order chi connectivity index (χ1) is 9.51. The highest BCUT2D eigenvalue weighted by Crippen LogP contribution is 2.24. The second kappa shape index (κ2) is 7.68. The molecule has 0 N–H and O–H groups in total. The van der Waals surface area contributed by atoms with E-state index >= 15 is 0 Å². The molecule has 0 heterocycles. The summed E-state index contributed by atoms with van der Waals surface area (Å²) in [5.74, 6) is -0.0929. The van der Waals surface area contributed by atoms with E-state index in [0.29, 0.717) is 30.1 Å². The molecule has 0 aliphatic heterocycles. The van der Waals surface area contributed by atoms with E-state index in [0.717, 1.165) is 6.42 Å². The third kappa shape index (κ3) is 4.08. The van der Waals surface area contributed by atoms with Gasteiger partial charge < -0.3 is 9.47 Å². The molecule has 0 bridgehead atoms. The smallest absolute Gasteiger partial charge is 0.338 e. The van der Waals surface area contributed by atoms with Crippen LogP contribution in [0.25, 0.3) is 0 Å². The van der Waals surface area contributed by atoms with E-state index in [2.05, 4.69) is 0 Å². The molecular weight excluding hydrogens is 256 g/mol. The van der Waals surface area contributed by atoms with Crippen molar-refractivity contribution in [1.29, 1.82) is 0 Å². The van der Waals surface area contributed by atoms with Gasteiger partial charge in [-0.05, 0) is 31.5 Å². The highest BCUT2D eigenvalue weighted by atomic mass is 16.5. The number of rotatable bonds is 7. The lowest BCUT2D eigenvalue weighted by molar-refractivity contribution is 0.0526. The summed E-state index contributed by atoms with van der Waals surface area (Å²) in [6.45, 7) is 8.23. The van der Waals surface area contributed by atoms with E-state index in [-0.39, 0.29) is 11.7 Å². The Bertz CT molecular complexity index is 477. The maximum Gasteiger partial charge on any atom is 0.338 e. The van der Waals surface area contributed by atoms with Crippen LogP contribution in [0.3, 0.4) is 0 Å². The molecule has 20 heavy (non-hydrogen) atoms. The molecular formula is C16H22O4. The molecule has 0 amide bonds. The number of hydrogen-bond acceptors (Lipinski definition) is 4. The molecule has 0 unspecified atom stereocenters. The minimum Gasteiger partial charge on any atom is -0.493 e. The van der Waals surface area contributed by atoms with Crippen LogP contribution in [0.15, 0.2) is 18.2 Å². The van der Waals surface area contributed by atoms with Crippen LogP contribution in [-0.2, 0) is 4.74 Å². The van der Waals surface area contributed by atoms with Gasteiger partial charge in [0, 0.05) is 5.92 Å². The Morgan fingerprint density at radius 2 is 1.90 bits per heavy atom. The average molecular weight is 278 g/mol. The number of carbonyl (C=O) groups excluding carboxylic acids is 2. The van der Waals surface area contributed by atoms with Crippen LogP contribution in [0, 0.1) is 5.92 Å². The molecule has 110 valence electrons.